The van der Waals surface area contributed by atoms with Crippen molar-refractivity contribution >= 4 is 55.1 Å². The van der Waals surface area contributed by atoms with Gasteiger partial charge in [-0.25, -0.2) is 14.4 Å². The molecule has 0 saturated carbocycles. The summed E-state index contributed by atoms with van der Waals surface area (Å²) in [6, 6.07) is 17.8. The van der Waals surface area contributed by atoms with Crippen LogP contribution < -0.4 is 10.9 Å². The third kappa shape index (κ3) is 4.82. The molecule has 2 aromatic carbocycles. The molecule has 0 spiro atoms. The first-order chi connectivity index (χ1) is 17.0. The van der Waals surface area contributed by atoms with E-state index in [-0.39, 0.29) is 22.9 Å². The molecular weight excluding hydrogens is 483 g/mol. The van der Waals surface area contributed by atoms with Crippen molar-refractivity contribution in [3.05, 3.63) is 94.2 Å². The van der Waals surface area contributed by atoms with Crippen LogP contribution in [0.2, 0.25) is 0 Å². The lowest BCUT2D eigenvalue weighted by Crippen LogP contribution is -2.24. The minimum absolute atomic E-state index is 0.0264. The van der Waals surface area contributed by atoms with Gasteiger partial charge in [0.05, 0.1) is 23.5 Å². The Labute approximate surface area is 208 Å². The number of carbonyl (C=O) groups is 1. The number of fused-ring (bicyclic) bond motifs is 3. The summed E-state index contributed by atoms with van der Waals surface area (Å²) >= 11 is 2.47. The van der Waals surface area contributed by atoms with Gasteiger partial charge in [-0.1, -0.05) is 55.1 Å². The Morgan fingerprint density at radius 3 is 2.63 bits per heavy atom. The Kier molecular flexibility index (Phi) is 6.61. The topological polar surface area (TPSA) is 76.9 Å². The zero-order valence-electron chi connectivity index (χ0n) is 18.8. The standard InChI is InChI=1S/C26H21FN4O2S2/c1-2-16-9-11-17(12-10-16)14-31-25(33)23-22(18-6-5-13-28-24(18)35-23)30-26(31)34-15-21(32)29-20-8-4-3-7-19(20)27/h3-13H,2,14-15H2,1H3,(H,29,32). The number of halogens is 1. The lowest BCUT2D eigenvalue weighted by Gasteiger charge is -2.13. The van der Waals surface area contributed by atoms with E-state index in [0.717, 1.165) is 34.0 Å². The number of pyridine rings is 1. The van der Waals surface area contributed by atoms with E-state index in [1.54, 1.807) is 22.9 Å². The van der Waals surface area contributed by atoms with Crippen LogP contribution in [0.15, 0.2) is 76.8 Å². The second kappa shape index (κ2) is 9.97. The smallest absolute Gasteiger partial charge is 0.272 e. The van der Waals surface area contributed by atoms with Crippen LogP contribution in [0.4, 0.5) is 10.1 Å². The van der Waals surface area contributed by atoms with Gasteiger partial charge in [0.1, 0.15) is 15.3 Å². The van der Waals surface area contributed by atoms with Crippen LogP contribution in [-0.2, 0) is 17.8 Å². The summed E-state index contributed by atoms with van der Waals surface area (Å²) in [4.78, 5) is 36.0. The largest absolute Gasteiger partial charge is 0.323 e. The van der Waals surface area contributed by atoms with Crippen molar-refractivity contribution in [2.24, 2.45) is 0 Å². The number of rotatable bonds is 7. The number of para-hydroxylation sites is 1. The molecule has 1 amide bonds. The number of carbonyl (C=O) groups excluding carboxylic acids is 1. The van der Waals surface area contributed by atoms with E-state index in [0.29, 0.717) is 21.9 Å². The van der Waals surface area contributed by atoms with Crippen LogP contribution in [-0.4, -0.2) is 26.2 Å². The van der Waals surface area contributed by atoms with E-state index in [4.69, 9.17) is 4.98 Å². The minimum Gasteiger partial charge on any atom is -0.323 e. The second-order valence-electron chi connectivity index (χ2n) is 7.91. The average Bonchev–Trinajstić information content (AvgIpc) is 3.25. The molecule has 0 aliphatic rings. The molecule has 1 N–H and O–H groups in total. The van der Waals surface area contributed by atoms with Crippen molar-refractivity contribution < 1.29 is 9.18 Å². The summed E-state index contributed by atoms with van der Waals surface area (Å²) in [6.07, 6.45) is 2.62. The summed E-state index contributed by atoms with van der Waals surface area (Å²) in [5, 5.41) is 3.81. The fourth-order valence-electron chi connectivity index (χ4n) is 3.73. The molecule has 0 fully saturated rings. The monoisotopic (exact) mass is 504 g/mol. The maximum absolute atomic E-state index is 13.9. The average molecular weight is 505 g/mol. The number of nitrogens with one attached hydrogen (secondary N) is 1. The summed E-state index contributed by atoms with van der Waals surface area (Å²) in [7, 11) is 0. The van der Waals surface area contributed by atoms with Gasteiger partial charge in [0.15, 0.2) is 5.16 Å². The number of nitrogens with zero attached hydrogens (tertiary/aromatic N) is 3. The van der Waals surface area contributed by atoms with E-state index in [1.807, 2.05) is 36.4 Å². The molecule has 0 unspecified atom stereocenters. The number of thiophene rings is 1. The Balaban J connectivity index is 1.51. The van der Waals surface area contributed by atoms with Gasteiger partial charge in [0.25, 0.3) is 5.56 Å². The molecule has 35 heavy (non-hydrogen) atoms. The SMILES string of the molecule is CCc1ccc(Cn2c(SCC(=O)Nc3ccccc3F)nc3c(sc4ncccc43)c2=O)cc1. The van der Waals surface area contributed by atoms with Crippen LogP contribution in [0, 0.1) is 5.82 Å². The zero-order valence-corrected chi connectivity index (χ0v) is 20.5. The first-order valence-corrected chi connectivity index (χ1v) is 12.9. The van der Waals surface area contributed by atoms with Gasteiger partial charge in [-0.3, -0.25) is 14.2 Å². The lowest BCUT2D eigenvalue weighted by atomic mass is 10.1. The Morgan fingerprint density at radius 1 is 1.09 bits per heavy atom. The van der Waals surface area contributed by atoms with E-state index in [1.165, 1.54) is 29.0 Å². The minimum atomic E-state index is -0.505. The molecule has 0 atom stereocenters. The highest BCUT2D eigenvalue weighted by Gasteiger charge is 2.18. The molecule has 176 valence electrons. The lowest BCUT2D eigenvalue weighted by molar-refractivity contribution is -0.113. The van der Waals surface area contributed by atoms with Crippen molar-refractivity contribution in [2.45, 2.75) is 25.0 Å². The van der Waals surface area contributed by atoms with Gasteiger partial charge in [-0.05, 0) is 41.8 Å². The van der Waals surface area contributed by atoms with E-state index >= 15 is 0 Å². The van der Waals surface area contributed by atoms with Gasteiger partial charge in [-0.15, -0.1) is 11.3 Å². The highest BCUT2D eigenvalue weighted by molar-refractivity contribution is 7.99. The molecule has 5 rings (SSSR count). The molecule has 0 radical (unpaired) electrons. The normalized spacial score (nSPS) is 11.3. The van der Waals surface area contributed by atoms with Crippen LogP contribution >= 0.6 is 23.1 Å². The van der Waals surface area contributed by atoms with E-state index < -0.39 is 5.82 Å². The maximum atomic E-state index is 13.9. The van der Waals surface area contributed by atoms with Crippen molar-refractivity contribution in [1.29, 1.82) is 0 Å². The van der Waals surface area contributed by atoms with Crippen molar-refractivity contribution in [3.63, 3.8) is 0 Å². The Morgan fingerprint density at radius 2 is 1.86 bits per heavy atom. The van der Waals surface area contributed by atoms with Crippen LogP contribution in [0.1, 0.15) is 18.1 Å². The van der Waals surface area contributed by atoms with Gasteiger partial charge in [0, 0.05) is 11.6 Å². The Hall–Kier alpha value is -3.56. The van der Waals surface area contributed by atoms with Crippen LogP contribution in [0.25, 0.3) is 20.4 Å². The number of amides is 1. The van der Waals surface area contributed by atoms with Crippen molar-refractivity contribution in [1.82, 2.24) is 14.5 Å². The van der Waals surface area contributed by atoms with Crippen LogP contribution in [0.5, 0.6) is 0 Å². The van der Waals surface area contributed by atoms with Gasteiger partial charge < -0.3 is 5.32 Å². The molecule has 3 aromatic heterocycles. The molecular formula is C26H21FN4O2S2. The van der Waals surface area contributed by atoms with Gasteiger partial charge >= 0.3 is 0 Å². The van der Waals surface area contributed by atoms with E-state index in [2.05, 4.69) is 17.2 Å². The molecule has 0 bridgehead atoms. The van der Waals surface area contributed by atoms with Crippen molar-refractivity contribution in [2.75, 3.05) is 11.1 Å². The summed E-state index contributed by atoms with van der Waals surface area (Å²) in [6.45, 7) is 2.42. The molecule has 6 nitrogen and oxygen atoms in total. The predicted molar refractivity (Wildman–Crippen MR) is 140 cm³/mol. The highest BCUT2D eigenvalue weighted by Crippen LogP contribution is 2.30. The summed E-state index contributed by atoms with van der Waals surface area (Å²) in [5.74, 6) is -0.915. The fourth-order valence-corrected chi connectivity index (χ4v) is 5.56. The van der Waals surface area contributed by atoms with Gasteiger partial charge in [0.2, 0.25) is 5.91 Å². The third-order valence-electron chi connectivity index (χ3n) is 5.57. The predicted octanol–water partition coefficient (Wildman–Crippen LogP) is 5.49. The number of thioether (sulfide) groups is 1. The number of hydrogen-bond acceptors (Lipinski definition) is 6. The number of hydrogen-bond donors (Lipinski definition) is 1. The third-order valence-corrected chi connectivity index (χ3v) is 7.64. The molecule has 0 saturated heterocycles. The summed E-state index contributed by atoms with van der Waals surface area (Å²) in [5.41, 5.74) is 2.70. The number of benzene rings is 2. The molecule has 5 aromatic rings. The molecule has 0 aliphatic carbocycles. The second-order valence-corrected chi connectivity index (χ2v) is 9.85. The first kappa shape index (κ1) is 23.2. The molecule has 9 heteroatoms. The first-order valence-electron chi connectivity index (χ1n) is 11.1. The summed E-state index contributed by atoms with van der Waals surface area (Å²) < 4.78 is 16.1. The van der Waals surface area contributed by atoms with E-state index in [9.17, 15) is 14.0 Å². The molecule has 3 heterocycles. The number of aromatic nitrogens is 3. The maximum Gasteiger partial charge on any atom is 0.272 e. The fraction of sp³-hybridized carbons (Fsp3) is 0.154. The molecule has 0 aliphatic heterocycles. The Bertz CT molecular complexity index is 1600. The highest BCUT2D eigenvalue weighted by atomic mass is 32.2. The van der Waals surface area contributed by atoms with Gasteiger partial charge in [-0.2, -0.15) is 0 Å². The van der Waals surface area contributed by atoms with Crippen molar-refractivity contribution in [3.8, 4) is 0 Å². The zero-order chi connectivity index (χ0) is 24.4. The van der Waals surface area contributed by atoms with Crippen LogP contribution in [0.3, 0.4) is 0 Å². The number of anilines is 1. The quantitative estimate of drug-likeness (QED) is 0.234. The number of aryl methyl sites for hydroxylation is 1.